The van der Waals surface area contributed by atoms with Crippen LogP contribution >= 0.6 is 0 Å². The van der Waals surface area contributed by atoms with Gasteiger partial charge < -0.3 is 10.1 Å². The highest BCUT2D eigenvalue weighted by atomic mass is 16.6. The van der Waals surface area contributed by atoms with Crippen molar-refractivity contribution in [1.82, 2.24) is 0 Å². The Bertz CT molecular complexity index is 850. The Labute approximate surface area is 142 Å². The van der Waals surface area contributed by atoms with Crippen LogP contribution in [0.2, 0.25) is 0 Å². The lowest BCUT2D eigenvalue weighted by molar-refractivity contribution is -0.385. The predicted octanol–water partition coefficient (Wildman–Crippen LogP) is 3.14. The second-order valence-corrected chi connectivity index (χ2v) is 5.34. The van der Waals surface area contributed by atoms with E-state index in [1.807, 2.05) is 0 Å². The number of nitro groups is 2. The second-order valence-electron chi connectivity index (χ2n) is 5.34. The number of ether oxygens (including phenoxy) is 1. The van der Waals surface area contributed by atoms with Crippen molar-refractivity contribution in [3.63, 3.8) is 0 Å². The SMILES string of the molecule is Cc1ccc([N+](=O)[O-])c(OCC(=O)Nc2ccc(C)cc2[N+](=O)[O-])c1. The van der Waals surface area contributed by atoms with E-state index < -0.39 is 22.4 Å². The molecule has 0 aliphatic heterocycles. The van der Waals surface area contributed by atoms with Crippen LogP contribution in [0.15, 0.2) is 36.4 Å². The molecule has 0 saturated carbocycles. The molecule has 0 aromatic heterocycles. The number of anilines is 1. The Balaban J connectivity index is 2.11. The molecule has 0 saturated heterocycles. The average molecular weight is 345 g/mol. The first kappa shape index (κ1) is 17.9. The number of aryl methyl sites for hydroxylation is 2. The summed E-state index contributed by atoms with van der Waals surface area (Å²) in [5.74, 6) is -0.707. The highest BCUT2D eigenvalue weighted by molar-refractivity contribution is 5.94. The van der Waals surface area contributed by atoms with Crippen LogP contribution in [0.4, 0.5) is 17.1 Å². The highest BCUT2D eigenvalue weighted by Gasteiger charge is 2.18. The van der Waals surface area contributed by atoms with Crippen molar-refractivity contribution in [2.45, 2.75) is 13.8 Å². The van der Waals surface area contributed by atoms with Crippen molar-refractivity contribution < 1.29 is 19.4 Å². The average Bonchev–Trinajstić information content (AvgIpc) is 2.54. The van der Waals surface area contributed by atoms with Crippen LogP contribution in [0.5, 0.6) is 5.75 Å². The molecule has 0 radical (unpaired) electrons. The van der Waals surface area contributed by atoms with E-state index >= 15 is 0 Å². The van der Waals surface area contributed by atoms with Crippen LogP contribution in [0.3, 0.4) is 0 Å². The summed E-state index contributed by atoms with van der Waals surface area (Å²) < 4.78 is 5.21. The zero-order valence-corrected chi connectivity index (χ0v) is 13.5. The van der Waals surface area contributed by atoms with Gasteiger partial charge in [-0.1, -0.05) is 12.1 Å². The van der Waals surface area contributed by atoms with Gasteiger partial charge in [-0.05, 0) is 37.1 Å². The summed E-state index contributed by atoms with van der Waals surface area (Å²) in [4.78, 5) is 32.8. The Morgan fingerprint density at radius 2 is 1.60 bits per heavy atom. The lowest BCUT2D eigenvalue weighted by atomic mass is 10.2. The topological polar surface area (TPSA) is 125 Å². The van der Waals surface area contributed by atoms with Gasteiger partial charge in [-0.25, -0.2) is 0 Å². The first-order valence-corrected chi connectivity index (χ1v) is 7.20. The van der Waals surface area contributed by atoms with Gasteiger partial charge >= 0.3 is 5.69 Å². The van der Waals surface area contributed by atoms with Gasteiger partial charge in [0.2, 0.25) is 0 Å². The third-order valence-corrected chi connectivity index (χ3v) is 3.29. The number of nitrogens with one attached hydrogen (secondary N) is 1. The molecule has 0 spiro atoms. The number of benzene rings is 2. The number of hydrogen-bond donors (Lipinski definition) is 1. The number of amides is 1. The van der Waals surface area contributed by atoms with E-state index in [-0.39, 0.29) is 22.8 Å². The van der Waals surface area contributed by atoms with Crippen LogP contribution in [0.1, 0.15) is 11.1 Å². The summed E-state index contributed by atoms with van der Waals surface area (Å²) in [6.45, 7) is 2.90. The molecule has 0 aliphatic carbocycles. The van der Waals surface area contributed by atoms with E-state index in [0.717, 1.165) is 5.56 Å². The largest absolute Gasteiger partial charge is 0.477 e. The zero-order valence-electron chi connectivity index (χ0n) is 13.5. The molecule has 2 rings (SSSR count). The monoisotopic (exact) mass is 345 g/mol. The molecular weight excluding hydrogens is 330 g/mol. The first-order chi connectivity index (χ1) is 11.8. The molecule has 0 aliphatic rings. The van der Waals surface area contributed by atoms with E-state index in [0.29, 0.717) is 5.56 Å². The van der Waals surface area contributed by atoms with Crippen molar-refractivity contribution in [2.75, 3.05) is 11.9 Å². The van der Waals surface area contributed by atoms with E-state index in [2.05, 4.69) is 5.32 Å². The lowest BCUT2D eigenvalue weighted by Crippen LogP contribution is -2.21. The van der Waals surface area contributed by atoms with E-state index in [1.54, 1.807) is 26.0 Å². The summed E-state index contributed by atoms with van der Waals surface area (Å²) in [6.07, 6.45) is 0. The Kier molecular flexibility index (Phi) is 5.28. The maximum Gasteiger partial charge on any atom is 0.310 e. The van der Waals surface area contributed by atoms with Crippen molar-refractivity contribution >= 4 is 23.0 Å². The zero-order chi connectivity index (χ0) is 18.6. The van der Waals surface area contributed by atoms with Crippen LogP contribution in [-0.2, 0) is 4.79 Å². The molecule has 25 heavy (non-hydrogen) atoms. The number of nitro benzene ring substituents is 2. The minimum absolute atomic E-state index is 0.0305. The third-order valence-electron chi connectivity index (χ3n) is 3.29. The summed E-state index contributed by atoms with van der Waals surface area (Å²) in [5, 5.41) is 24.4. The number of carbonyl (C=O) groups is 1. The van der Waals surface area contributed by atoms with Crippen LogP contribution in [-0.4, -0.2) is 22.4 Å². The van der Waals surface area contributed by atoms with Gasteiger partial charge in [-0.15, -0.1) is 0 Å². The van der Waals surface area contributed by atoms with Gasteiger partial charge in [-0.3, -0.25) is 25.0 Å². The molecule has 0 heterocycles. The smallest absolute Gasteiger partial charge is 0.310 e. The van der Waals surface area contributed by atoms with Crippen LogP contribution in [0.25, 0.3) is 0 Å². The normalized spacial score (nSPS) is 10.2. The maximum atomic E-state index is 12.0. The van der Waals surface area contributed by atoms with E-state index in [4.69, 9.17) is 4.74 Å². The molecule has 2 aromatic carbocycles. The molecule has 0 unspecified atom stereocenters. The van der Waals surface area contributed by atoms with Gasteiger partial charge in [0, 0.05) is 12.1 Å². The van der Waals surface area contributed by atoms with Crippen molar-refractivity contribution in [2.24, 2.45) is 0 Å². The summed E-state index contributed by atoms with van der Waals surface area (Å²) in [5.41, 5.74) is 0.934. The number of hydrogen-bond acceptors (Lipinski definition) is 6. The molecule has 130 valence electrons. The summed E-state index contributed by atoms with van der Waals surface area (Å²) in [6, 6.07) is 8.66. The summed E-state index contributed by atoms with van der Waals surface area (Å²) >= 11 is 0. The quantitative estimate of drug-likeness (QED) is 0.633. The molecule has 0 bridgehead atoms. The van der Waals surface area contributed by atoms with Crippen LogP contribution in [0, 0.1) is 34.1 Å². The van der Waals surface area contributed by atoms with Gasteiger partial charge in [0.1, 0.15) is 5.69 Å². The maximum absolute atomic E-state index is 12.0. The molecule has 0 atom stereocenters. The molecule has 2 aromatic rings. The molecular formula is C16H15N3O6. The van der Waals surface area contributed by atoms with Gasteiger partial charge in [0.15, 0.2) is 12.4 Å². The van der Waals surface area contributed by atoms with Crippen molar-refractivity contribution in [3.8, 4) is 5.75 Å². The molecule has 0 fully saturated rings. The fraction of sp³-hybridized carbons (Fsp3) is 0.188. The Morgan fingerprint density at radius 3 is 2.24 bits per heavy atom. The third kappa shape index (κ3) is 4.50. The predicted molar refractivity (Wildman–Crippen MR) is 89.8 cm³/mol. The minimum Gasteiger partial charge on any atom is -0.477 e. The molecule has 9 heteroatoms. The fourth-order valence-corrected chi connectivity index (χ4v) is 2.12. The van der Waals surface area contributed by atoms with E-state index in [1.165, 1.54) is 24.3 Å². The number of carbonyl (C=O) groups excluding carboxylic acids is 1. The van der Waals surface area contributed by atoms with Crippen LogP contribution < -0.4 is 10.1 Å². The fourth-order valence-electron chi connectivity index (χ4n) is 2.12. The van der Waals surface area contributed by atoms with Gasteiger partial charge in [0.25, 0.3) is 11.6 Å². The summed E-state index contributed by atoms with van der Waals surface area (Å²) in [7, 11) is 0. The van der Waals surface area contributed by atoms with E-state index in [9.17, 15) is 25.0 Å². The molecule has 9 nitrogen and oxygen atoms in total. The first-order valence-electron chi connectivity index (χ1n) is 7.20. The second kappa shape index (κ2) is 7.39. The molecule has 1 amide bonds. The standard InChI is InChI=1S/C16H15N3O6/c1-10-3-5-12(14(7-10)19(23)24)17-16(20)9-25-15-8-11(2)4-6-13(15)18(21)22/h3-8H,9H2,1-2H3,(H,17,20). The number of rotatable bonds is 6. The highest BCUT2D eigenvalue weighted by Crippen LogP contribution is 2.28. The van der Waals surface area contributed by atoms with Gasteiger partial charge in [0.05, 0.1) is 9.85 Å². The Hall–Kier alpha value is -3.49. The Morgan fingerprint density at radius 1 is 1.00 bits per heavy atom. The van der Waals surface area contributed by atoms with Crippen molar-refractivity contribution in [3.05, 3.63) is 67.8 Å². The molecule has 1 N–H and O–H groups in total. The van der Waals surface area contributed by atoms with Gasteiger partial charge in [-0.2, -0.15) is 0 Å². The van der Waals surface area contributed by atoms with Crippen molar-refractivity contribution in [1.29, 1.82) is 0 Å². The minimum atomic E-state index is -0.664. The lowest BCUT2D eigenvalue weighted by Gasteiger charge is -2.09. The number of nitrogens with zero attached hydrogens (tertiary/aromatic N) is 2.